The van der Waals surface area contributed by atoms with E-state index < -0.39 is 22.1 Å². The van der Waals surface area contributed by atoms with Gasteiger partial charge in [0, 0.05) is 11.4 Å². The minimum Gasteiger partial charge on any atom is -0.486 e. The van der Waals surface area contributed by atoms with Crippen LogP contribution in [-0.2, 0) is 14.8 Å². The number of hydrogen-bond donors (Lipinski definition) is 1. The fourth-order valence-electron chi connectivity index (χ4n) is 3.98. The normalized spacial score (nSPS) is 15.6. The van der Waals surface area contributed by atoms with Gasteiger partial charge in [0.25, 0.3) is 10.0 Å². The lowest BCUT2D eigenvalue weighted by atomic mass is 10.0. The number of ether oxygens (including phenoxy) is 1. The number of anilines is 1. The van der Waals surface area contributed by atoms with Gasteiger partial charge in [-0.25, -0.2) is 8.42 Å². The molecule has 34 heavy (non-hydrogen) atoms. The van der Waals surface area contributed by atoms with Gasteiger partial charge >= 0.3 is 5.97 Å². The van der Waals surface area contributed by atoms with E-state index in [1.807, 2.05) is 44.2 Å². The van der Waals surface area contributed by atoms with Gasteiger partial charge < -0.3 is 9.84 Å². The Balaban J connectivity index is 1.80. The van der Waals surface area contributed by atoms with Gasteiger partial charge in [0.2, 0.25) is 0 Å². The summed E-state index contributed by atoms with van der Waals surface area (Å²) in [6.07, 6.45) is -0.496. The summed E-state index contributed by atoms with van der Waals surface area (Å²) >= 11 is 6.16. The minimum absolute atomic E-state index is 0.0213. The number of nitrogens with zero attached hydrogens (tertiary/aromatic N) is 1. The molecule has 1 unspecified atom stereocenters. The molecular formula is C26H26ClNO5S. The molecule has 0 spiro atoms. The Hall–Kier alpha value is -3.03. The second-order valence-corrected chi connectivity index (χ2v) is 10.9. The Morgan fingerprint density at radius 2 is 1.82 bits per heavy atom. The number of hydrogen-bond acceptors (Lipinski definition) is 4. The summed E-state index contributed by atoms with van der Waals surface area (Å²) in [6, 6.07) is 19.6. The number of sulfonamides is 1. The van der Waals surface area contributed by atoms with Crippen LogP contribution in [0, 0.1) is 0 Å². The monoisotopic (exact) mass is 499 g/mol. The van der Waals surface area contributed by atoms with Crippen molar-refractivity contribution in [2.75, 3.05) is 10.8 Å². The van der Waals surface area contributed by atoms with Crippen molar-refractivity contribution in [3.63, 3.8) is 0 Å². The first-order chi connectivity index (χ1) is 16.1. The molecule has 0 aromatic heterocycles. The van der Waals surface area contributed by atoms with Gasteiger partial charge in [-0.05, 0) is 65.4 Å². The zero-order valence-corrected chi connectivity index (χ0v) is 20.5. The van der Waals surface area contributed by atoms with Gasteiger partial charge in [0.05, 0.1) is 17.1 Å². The molecule has 1 N–H and O–H groups in total. The molecule has 1 aliphatic heterocycles. The van der Waals surface area contributed by atoms with Crippen LogP contribution in [0.1, 0.15) is 38.2 Å². The lowest BCUT2D eigenvalue weighted by molar-refractivity contribution is -0.137. The van der Waals surface area contributed by atoms with Crippen molar-refractivity contribution in [3.8, 4) is 16.9 Å². The van der Waals surface area contributed by atoms with Crippen molar-refractivity contribution in [3.05, 3.63) is 77.3 Å². The molecule has 3 aromatic rings. The molecule has 1 heterocycles. The number of carboxylic acid groups (broad SMARTS) is 1. The lowest BCUT2D eigenvalue weighted by Gasteiger charge is -2.36. The van der Waals surface area contributed by atoms with Crippen LogP contribution in [-0.4, -0.2) is 32.1 Å². The van der Waals surface area contributed by atoms with E-state index in [4.69, 9.17) is 21.4 Å². The highest BCUT2D eigenvalue weighted by Gasteiger charge is 2.35. The molecule has 1 atom stereocenters. The molecule has 6 nitrogen and oxygen atoms in total. The average Bonchev–Trinajstić information content (AvgIpc) is 2.82. The van der Waals surface area contributed by atoms with Crippen LogP contribution in [0.15, 0.2) is 71.6 Å². The van der Waals surface area contributed by atoms with E-state index in [2.05, 4.69) is 0 Å². The quantitative estimate of drug-likeness (QED) is 0.434. The van der Waals surface area contributed by atoms with E-state index in [1.165, 1.54) is 4.31 Å². The van der Waals surface area contributed by atoms with Crippen molar-refractivity contribution in [1.82, 2.24) is 0 Å². The molecule has 0 saturated heterocycles. The first-order valence-electron chi connectivity index (χ1n) is 11.1. The van der Waals surface area contributed by atoms with Crippen molar-refractivity contribution >= 4 is 33.3 Å². The third-order valence-electron chi connectivity index (χ3n) is 5.84. The Kier molecular flexibility index (Phi) is 6.86. The maximum atomic E-state index is 13.8. The van der Waals surface area contributed by atoms with Gasteiger partial charge in [-0.3, -0.25) is 9.10 Å². The summed E-state index contributed by atoms with van der Waals surface area (Å²) in [5.41, 5.74) is 2.98. The van der Waals surface area contributed by atoms with E-state index in [1.54, 1.807) is 36.4 Å². The second kappa shape index (κ2) is 9.68. The van der Waals surface area contributed by atoms with E-state index in [9.17, 15) is 13.2 Å². The topological polar surface area (TPSA) is 83.9 Å². The van der Waals surface area contributed by atoms with Crippen LogP contribution in [0.2, 0.25) is 5.02 Å². The van der Waals surface area contributed by atoms with Crippen LogP contribution in [0.25, 0.3) is 11.1 Å². The molecule has 0 amide bonds. The lowest BCUT2D eigenvalue weighted by Crippen LogP contribution is -2.43. The molecule has 8 heteroatoms. The Bertz CT molecular complexity index is 1320. The fraction of sp³-hybridized carbons (Fsp3) is 0.269. The molecule has 4 rings (SSSR count). The zero-order valence-electron chi connectivity index (χ0n) is 18.9. The molecule has 3 aromatic carbocycles. The number of carboxylic acids is 1. The standard InChI is InChI=1S/C26H26ClNO5S/c1-17(2)18-5-4-8-23(14-18)34(31,32)28-16-22(10-12-26(29)30)33-25-11-9-20(15-24(25)28)19-6-3-7-21(27)13-19/h3-9,11,13-15,17,22H,10,12,16H2,1-2H3,(H,29,30). The predicted octanol–water partition coefficient (Wildman–Crippen LogP) is 5.95. The highest BCUT2D eigenvalue weighted by atomic mass is 35.5. The smallest absolute Gasteiger partial charge is 0.303 e. The van der Waals surface area contributed by atoms with E-state index in [0.29, 0.717) is 16.5 Å². The first-order valence-corrected chi connectivity index (χ1v) is 12.9. The Morgan fingerprint density at radius 1 is 1.09 bits per heavy atom. The number of fused-ring (bicyclic) bond motifs is 1. The van der Waals surface area contributed by atoms with Crippen LogP contribution < -0.4 is 9.04 Å². The molecule has 0 fully saturated rings. The molecule has 0 saturated carbocycles. The van der Waals surface area contributed by atoms with Crippen molar-refractivity contribution < 1.29 is 23.1 Å². The van der Waals surface area contributed by atoms with Gasteiger partial charge in [-0.2, -0.15) is 0 Å². The zero-order chi connectivity index (χ0) is 24.5. The van der Waals surface area contributed by atoms with Crippen molar-refractivity contribution in [2.24, 2.45) is 0 Å². The summed E-state index contributed by atoms with van der Waals surface area (Å²) in [5.74, 6) is -0.384. The van der Waals surface area contributed by atoms with Crippen LogP contribution in [0.4, 0.5) is 5.69 Å². The minimum atomic E-state index is -3.93. The Labute approximate surface area is 204 Å². The number of halogens is 1. The Morgan fingerprint density at radius 3 is 2.53 bits per heavy atom. The third-order valence-corrected chi connectivity index (χ3v) is 7.85. The highest BCUT2D eigenvalue weighted by Crippen LogP contribution is 2.41. The van der Waals surface area contributed by atoms with Crippen molar-refractivity contribution in [2.45, 2.75) is 43.6 Å². The number of aliphatic carboxylic acids is 1. The first kappa shape index (κ1) is 24.1. The molecule has 1 aliphatic rings. The summed E-state index contributed by atoms with van der Waals surface area (Å²) in [6.45, 7) is 4.04. The number of carbonyl (C=O) groups is 1. The highest BCUT2D eigenvalue weighted by molar-refractivity contribution is 7.92. The summed E-state index contributed by atoms with van der Waals surface area (Å²) in [4.78, 5) is 11.3. The second-order valence-electron chi connectivity index (χ2n) is 8.63. The summed E-state index contributed by atoms with van der Waals surface area (Å²) in [7, 11) is -3.93. The molecular weight excluding hydrogens is 474 g/mol. The van der Waals surface area contributed by atoms with Crippen molar-refractivity contribution in [1.29, 1.82) is 0 Å². The van der Waals surface area contributed by atoms with Crippen LogP contribution >= 0.6 is 11.6 Å². The largest absolute Gasteiger partial charge is 0.486 e. The van der Waals surface area contributed by atoms with Crippen LogP contribution in [0.3, 0.4) is 0 Å². The van der Waals surface area contributed by atoms with Gasteiger partial charge in [-0.15, -0.1) is 0 Å². The van der Waals surface area contributed by atoms with E-state index in [-0.39, 0.29) is 30.2 Å². The van der Waals surface area contributed by atoms with Crippen LogP contribution in [0.5, 0.6) is 5.75 Å². The molecule has 0 radical (unpaired) electrons. The van der Waals surface area contributed by atoms with E-state index >= 15 is 0 Å². The SMILES string of the molecule is CC(C)c1cccc(S(=O)(=O)N2CC(CCC(=O)O)Oc3ccc(-c4cccc(Cl)c4)cc32)c1. The average molecular weight is 500 g/mol. The molecule has 0 bridgehead atoms. The van der Waals surface area contributed by atoms with Gasteiger partial charge in [0.1, 0.15) is 11.9 Å². The third kappa shape index (κ3) is 5.05. The van der Waals surface area contributed by atoms with E-state index in [0.717, 1.165) is 16.7 Å². The number of benzene rings is 3. The van der Waals surface area contributed by atoms with Gasteiger partial charge in [0.15, 0.2) is 0 Å². The summed E-state index contributed by atoms with van der Waals surface area (Å²) < 4.78 is 35.1. The maximum Gasteiger partial charge on any atom is 0.303 e. The van der Waals surface area contributed by atoms with Gasteiger partial charge in [-0.1, -0.05) is 55.8 Å². The fourth-order valence-corrected chi connectivity index (χ4v) is 5.73. The number of rotatable bonds is 7. The molecule has 0 aliphatic carbocycles. The predicted molar refractivity (Wildman–Crippen MR) is 133 cm³/mol. The molecule has 178 valence electrons. The summed E-state index contributed by atoms with van der Waals surface area (Å²) in [5, 5.41) is 9.69. The maximum absolute atomic E-state index is 13.8.